The molecule has 2 heterocycles. The molecule has 3 nitrogen and oxygen atoms in total. The maximum atomic E-state index is 11.3. The molecule has 0 saturated carbocycles. The number of rotatable bonds is 4. The molecule has 0 amide bonds. The molecule has 0 saturated heterocycles. The highest BCUT2D eigenvalue weighted by atomic mass is 79.9. The summed E-state index contributed by atoms with van der Waals surface area (Å²) in [6, 6.07) is 9.58. The van der Waals surface area contributed by atoms with Gasteiger partial charge < -0.3 is 0 Å². The Labute approximate surface area is 139 Å². The van der Waals surface area contributed by atoms with E-state index in [2.05, 4.69) is 21.0 Å². The molecule has 0 bridgehead atoms. The van der Waals surface area contributed by atoms with Crippen molar-refractivity contribution >= 4 is 45.2 Å². The van der Waals surface area contributed by atoms with Gasteiger partial charge in [-0.25, -0.2) is 0 Å². The smallest absolute Gasteiger partial charge is 0.153 e. The van der Waals surface area contributed by atoms with E-state index in [1.54, 1.807) is 22.2 Å². The highest BCUT2D eigenvalue weighted by Crippen LogP contribution is 2.30. The number of aromatic nitrogens is 2. The van der Waals surface area contributed by atoms with E-state index < -0.39 is 0 Å². The number of carbonyl (C=O) groups is 1. The second-order valence-electron chi connectivity index (χ2n) is 4.47. The minimum atomic E-state index is 0.535. The molecule has 0 aliphatic carbocycles. The highest BCUT2D eigenvalue weighted by molar-refractivity contribution is 9.10. The van der Waals surface area contributed by atoms with Gasteiger partial charge in [0.25, 0.3) is 0 Å². The maximum absolute atomic E-state index is 11.3. The van der Waals surface area contributed by atoms with Crippen molar-refractivity contribution in [3.8, 4) is 10.6 Å². The van der Waals surface area contributed by atoms with E-state index >= 15 is 0 Å². The van der Waals surface area contributed by atoms with Crippen LogP contribution in [-0.2, 0) is 6.54 Å². The Hall–Kier alpha value is -1.43. The first-order valence-corrected chi connectivity index (χ1v) is 8.23. The lowest BCUT2D eigenvalue weighted by molar-refractivity contribution is 0.112. The van der Waals surface area contributed by atoms with Gasteiger partial charge in [0.1, 0.15) is 5.69 Å². The Morgan fingerprint density at radius 2 is 2.19 bits per heavy atom. The Morgan fingerprint density at radius 1 is 1.38 bits per heavy atom. The van der Waals surface area contributed by atoms with Crippen LogP contribution in [0.4, 0.5) is 0 Å². The number of hydrogen-bond acceptors (Lipinski definition) is 3. The number of halogens is 2. The van der Waals surface area contributed by atoms with Gasteiger partial charge in [0.05, 0.1) is 17.0 Å². The van der Waals surface area contributed by atoms with Gasteiger partial charge in [-0.15, -0.1) is 11.3 Å². The number of hydrogen-bond donors (Lipinski definition) is 0. The van der Waals surface area contributed by atoms with Crippen LogP contribution in [0.1, 0.15) is 15.9 Å². The van der Waals surface area contributed by atoms with E-state index in [9.17, 15) is 4.79 Å². The predicted octanol–water partition coefficient (Wildman–Crippen LogP) is 4.89. The molecule has 1 aromatic carbocycles. The third-order valence-corrected chi connectivity index (χ3v) is 5.07. The van der Waals surface area contributed by atoms with Gasteiger partial charge in [0, 0.05) is 21.1 Å². The van der Waals surface area contributed by atoms with Crippen LogP contribution in [0.2, 0.25) is 5.02 Å². The Kier molecular flexibility index (Phi) is 4.24. The summed E-state index contributed by atoms with van der Waals surface area (Å²) in [4.78, 5) is 12.2. The highest BCUT2D eigenvalue weighted by Gasteiger charge is 2.13. The molecule has 0 radical (unpaired) electrons. The van der Waals surface area contributed by atoms with Crippen LogP contribution in [0, 0.1) is 0 Å². The van der Waals surface area contributed by atoms with Crippen molar-refractivity contribution in [2.24, 2.45) is 0 Å². The van der Waals surface area contributed by atoms with Crippen molar-refractivity contribution < 1.29 is 4.79 Å². The summed E-state index contributed by atoms with van der Waals surface area (Å²) < 4.78 is 2.73. The SMILES string of the molecule is O=Cc1cn(Cc2ccccc2Cl)nc1-c1cc(Br)cs1. The zero-order valence-corrected chi connectivity index (χ0v) is 14.0. The van der Waals surface area contributed by atoms with Gasteiger partial charge in [-0.05, 0) is 33.6 Å². The van der Waals surface area contributed by atoms with Crippen molar-refractivity contribution in [3.63, 3.8) is 0 Å². The summed E-state index contributed by atoms with van der Waals surface area (Å²) in [5.74, 6) is 0. The Morgan fingerprint density at radius 3 is 2.86 bits per heavy atom. The summed E-state index contributed by atoms with van der Waals surface area (Å²) in [5.41, 5.74) is 2.25. The average molecular weight is 382 g/mol. The fourth-order valence-electron chi connectivity index (χ4n) is 2.03. The standard InChI is InChI=1S/C15H10BrClN2OS/c16-12-5-14(21-9-12)15-11(8-20)7-19(18-15)6-10-3-1-2-4-13(10)17/h1-5,7-9H,6H2. The molecule has 0 aliphatic rings. The molecule has 0 N–H and O–H groups in total. The maximum Gasteiger partial charge on any atom is 0.153 e. The lowest BCUT2D eigenvalue weighted by atomic mass is 10.2. The molecule has 0 fully saturated rings. The first-order valence-electron chi connectivity index (χ1n) is 6.18. The third-order valence-electron chi connectivity index (χ3n) is 3.01. The molecule has 2 aromatic heterocycles. The largest absolute Gasteiger partial charge is 0.298 e. The van der Waals surface area contributed by atoms with Crippen molar-refractivity contribution in [1.82, 2.24) is 9.78 Å². The summed E-state index contributed by atoms with van der Waals surface area (Å²) >= 11 is 11.1. The number of nitrogens with zero attached hydrogens (tertiary/aromatic N) is 2. The van der Waals surface area contributed by atoms with Crippen LogP contribution in [0.15, 0.2) is 46.4 Å². The van der Waals surface area contributed by atoms with Crippen molar-refractivity contribution in [1.29, 1.82) is 0 Å². The van der Waals surface area contributed by atoms with Gasteiger partial charge in [-0.3, -0.25) is 9.48 Å². The van der Waals surface area contributed by atoms with Gasteiger partial charge in [0.15, 0.2) is 6.29 Å². The fourth-order valence-corrected chi connectivity index (χ4v) is 3.66. The Balaban J connectivity index is 1.96. The van der Waals surface area contributed by atoms with E-state index in [0.29, 0.717) is 22.8 Å². The zero-order chi connectivity index (χ0) is 14.8. The van der Waals surface area contributed by atoms with Crippen molar-refractivity contribution in [2.45, 2.75) is 6.54 Å². The molecular weight excluding hydrogens is 372 g/mol. The molecule has 3 aromatic rings. The van der Waals surface area contributed by atoms with Crippen LogP contribution in [0.25, 0.3) is 10.6 Å². The lowest BCUT2D eigenvalue weighted by Crippen LogP contribution is -2.00. The van der Waals surface area contributed by atoms with E-state index in [0.717, 1.165) is 21.2 Å². The third kappa shape index (κ3) is 3.10. The number of thiophene rings is 1. The molecule has 0 unspecified atom stereocenters. The van der Waals surface area contributed by atoms with E-state index in [1.807, 2.05) is 35.7 Å². The molecule has 0 aliphatic heterocycles. The molecule has 0 atom stereocenters. The summed E-state index contributed by atoms with van der Waals surface area (Å²) in [5, 5.41) is 7.18. The average Bonchev–Trinajstić information content (AvgIpc) is 3.07. The Bertz CT molecular complexity index is 797. The minimum Gasteiger partial charge on any atom is -0.298 e. The first kappa shape index (κ1) is 14.5. The molecule has 6 heteroatoms. The van der Waals surface area contributed by atoms with Crippen LogP contribution in [0.3, 0.4) is 0 Å². The molecule has 21 heavy (non-hydrogen) atoms. The van der Waals surface area contributed by atoms with Crippen LogP contribution in [-0.4, -0.2) is 16.1 Å². The topological polar surface area (TPSA) is 34.9 Å². The van der Waals surface area contributed by atoms with Gasteiger partial charge in [0.2, 0.25) is 0 Å². The van der Waals surface area contributed by atoms with Crippen LogP contribution < -0.4 is 0 Å². The molecule has 0 spiro atoms. The summed E-state index contributed by atoms with van der Waals surface area (Å²) in [7, 11) is 0. The van der Waals surface area contributed by atoms with Gasteiger partial charge >= 0.3 is 0 Å². The monoisotopic (exact) mass is 380 g/mol. The van der Waals surface area contributed by atoms with Gasteiger partial charge in [-0.2, -0.15) is 5.10 Å². The molecule has 106 valence electrons. The van der Waals surface area contributed by atoms with Crippen LogP contribution in [0.5, 0.6) is 0 Å². The number of carbonyl (C=O) groups excluding carboxylic acids is 1. The lowest BCUT2D eigenvalue weighted by Gasteiger charge is -2.03. The van der Waals surface area contributed by atoms with E-state index in [1.165, 1.54) is 0 Å². The summed E-state index contributed by atoms with van der Waals surface area (Å²) in [6.07, 6.45) is 2.58. The van der Waals surface area contributed by atoms with Crippen molar-refractivity contribution in [2.75, 3.05) is 0 Å². The first-order chi connectivity index (χ1) is 10.2. The zero-order valence-electron chi connectivity index (χ0n) is 10.8. The fraction of sp³-hybridized carbons (Fsp3) is 0.0667. The quantitative estimate of drug-likeness (QED) is 0.603. The van der Waals surface area contributed by atoms with Crippen molar-refractivity contribution in [3.05, 3.63) is 62.5 Å². The van der Waals surface area contributed by atoms with E-state index in [-0.39, 0.29) is 0 Å². The summed E-state index contributed by atoms with van der Waals surface area (Å²) in [6.45, 7) is 0.535. The second kappa shape index (κ2) is 6.13. The number of benzene rings is 1. The molecular formula is C15H10BrClN2OS. The predicted molar refractivity (Wildman–Crippen MR) is 89.2 cm³/mol. The number of aldehydes is 1. The minimum absolute atomic E-state index is 0.535. The molecule has 3 rings (SSSR count). The van der Waals surface area contributed by atoms with Crippen LogP contribution >= 0.6 is 38.9 Å². The second-order valence-corrected chi connectivity index (χ2v) is 6.70. The van der Waals surface area contributed by atoms with Gasteiger partial charge in [-0.1, -0.05) is 29.8 Å². The normalized spacial score (nSPS) is 10.8. The van der Waals surface area contributed by atoms with E-state index in [4.69, 9.17) is 11.6 Å².